The lowest BCUT2D eigenvalue weighted by atomic mass is 10.0. The van der Waals surface area contributed by atoms with E-state index < -0.39 is 27.7 Å². The Balaban J connectivity index is 1.92. The van der Waals surface area contributed by atoms with Gasteiger partial charge in [0.15, 0.2) is 10.9 Å². The van der Waals surface area contributed by atoms with Gasteiger partial charge in [0.25, 0.3) is 6.47 Å². The first-order valence-electron chi connectivity index (χ1n) is 9.68. The molecule has 0 unspecified atom stereocenters. The van der Waals surface area contributed by atoms with Crippen molar-refractivity contribution in [2.75, 3.05) is 0 Å². The maximum atomic E-state index is 13.3. The maximum absolute atomic E-state index is 13.3. The van der Waals surface area contributed by atoms with Gasteiger partial charge in [0.2, 0.25) is 10.9 Å². The predicted octanol–water partition coefficient (Wildman–Crippen LogP) is 2.28. The highest BCUT2D eigenvalue weighted by atomic mass is 32.1. The molecule has 9 heteroatoms. The van der Waals surface area contributed by atoms with Crippen LogP contribution in [0, 0.1) is 0 Å². The Kier molecular flexibility index (Phi) is 4.64. The van der Waals surface area contributed by atoms with Gasteiger partial charge in [-0.15, -0.1) is 11.3 Å². The molecular formula is C24H12O8S. The van der Waals surface area contributed by atoms with Crippen molar-refractivity contribution >= 4 is 65.5 Å². The highest BCUT2D eigenvalue weighted by Gasteiger charge is 2.22. The summed E-state index contributed by atoms with van der Waals surface area (Å²) in [6, 6.07) is 8.51. The molecule has 0 saturated carbocycles. The number of carbonyl (C=O) groups is 2. The molecule has 0 spiro atoms. The number of benzene rings is 4. The Hall–Kier alpha value is -4.24. The molecule has 0 aliphatic carbocycles. The van der Waals surface area contributed by atoms with Gasteiger partial charge in [0.1, 0.15) is 12.4 Å². The third-order valence-corrected chi connectivity index (χ3v) is 6.60. The Bertz CT molecular complexity index is 1870. The second-order valence-corrected chi connectivity index (χ2v) is 8.44. The molecule has 8 nitrogen and oxygen atoms in total. The van der Waals surface area contributed by atoms with Gasteiger partial charge < -0.3 is 9.47 Å². The van der Waals surface area contributed by atoms with Crippen molar-refractivity contribution in [2.45, 2.75) is 13.5 Å². The van der Waals surface area contributed by atoms with Gasteiger partial charge in [-0.1, -0.05) is 6.07 Å². The van der Waals surface area contributed by atoms with Crippen molar-refractivity contribution in [3.63, 3.8) is 0 Å². The van der Waals surface area contributed by atoms with E-state index in [-0.39, 0.29) is 60.5 Å². The molecule has 33 heavy (non-hydrogen) atoms. The van der Waals surface area contributed by atoms with Crippen molar-refractivity contribution in [1.29, 1.82) is 0 Å². The summed E-state index contributed by atoms with van der Waals surface area (Å²) >= 11 is 0.796. The van der Waals surface area contributed by atoms with E-state index in [1.807, 2.05) is 0 Å². The molecule has 4 aromatic carbocycles. The van der Waals surface area contributed by atoms with Crippen molar-refractivity contribution in [3.05, 3.63) is 82.9 Å². The van der Waals surface area contributed by atoms with Crippen LogP contribution in [0.3, 0.4) is 0 Å². The number of ether oxygens (including phenoxy) is 2. The number of hydrogen-bond donors (Lipinski definition) is 0. The lowest BCUT2D eigenvalue weighted by Gasteiger charge is -2.03. The zero-order valence-corrected chi connectivity index (χ0v) is 17.7. The molecule has 0 fully saturated rings. The zero-order chi connectivity index (χ0) is 23.4. The summed E-state index contributed by atoms with van der Waals surface area (Å²) < 4.78 is 9.73. The first kappa shape index (κ1) is 20.7. The Morgan fingerprint density at radius 2 is 1.39 bits per heavy atom. The summed E-state index contributed by atoms with van der Waals surface area (Å²) in [5.41, 5.74) is -1.58. The van der Waals surface area contributed by atoms with Gasteiger partial charge in [-0.25, -0.2) is 0 Å². The molecule has 5 rings (SSSR count). The number of esters is 1. The molecule has 0 radical (unpaired) electrons. The monoisotopic (exact) mass is 460 g/mol. The Morgan fingerprint density at radius 1 is 0.818 bits per heavy atom. The molecule has 0 amide bonds. The van der Waals surface area contributed by atoms with Gasteiger partial charge >= 0.3 is 5.97 Å². The highest BCUT2D eigenvalue weighted by Crippen LogP contribution is 2.30. The quantitative estimate of drug-likeness (QED) is 0.228. The van der Waals surface area contributed by atoms with Crippen LogP contribution in [0.1, 0.15) is 12.5 Å². The van der Waals surface area contributed by atoms with E-state index in [2.05, 4.69) is 0 Å². The van der Waals surface area contributed by atoms with E-state index >= 15 is 0 Å². The van der Waals surface area contributed by atoms with E-state index in [1.165, 1.54) is 37.3 Å². The van der Waals surface area contributed by atoms with Gasteiger partial charge in [-0.3, -0.25) is 28.8 Å². The smallest absolute Gasteiger partial charge is 0.308 e. The fourth-order valence-electron chi connectivity index (χ4n) is 4.03. The van der Waals surface area contributed by atoms with Crippen LogP contribution >= 0.6 is 11.3 Å². The first-order chi connectivity index (χ1) is 15.8. The molecule has 0 N–H and O–H groups in total. The van der Waals surface area contributed by atoms with Gasteiger partial charge in [0, 0.05) is 28.5 Å². The number of fused-ring (bicyclic) bond motifs is 5. The number of hydrogen-bond acceptors (Lipinski definition) is 9. The van der Waals surface area contributed by atoms with Crippen LogP contribution < -0.4 is 26.5 Å². The third-order valence-electron chi connectivity index (χ3n) is 5.41. The summed E-state index contributed by atoms with van der Waals surface area (Å²) in [5.74, 6) is -0.472. The summed E-state index contributed by atoms with van der Waals surface area (Å²) in [6.07, 6.45) is 0. The van der Waals surface area contributed by atoms with E-state index in [0.717, 1.165) is 11.3 Å². The lowest BCUT2D eigenvalue weighted by molar-refractivity contribution is -0.132. The minimum absolute atomic E-state index is 0.00325. The average molecular weight is 460 g/mol. The molecule has 0 aliphatic heterocycles. The normalized spacial score (nSPS) is 11.4. The summed E-state index contributed by atoms with van der Waals surface area (Å²) in [4.78, 5) is 74.7. The van der Waals surface area contributed by atoms with Gasteiger partial charge in [0.05, 0.1) is 20.2 Å². The fourth-order valence-corrected chi connectivity index (χ4v) is 5.24. The van der Waals surface area contributed by atoms with Gasteiger partial charge in [-0.2, -0.15) is 0 Å². The van der Waals surface area contributed by atoms with Crippen LogP contribution in [0.25, 0.3) is 41.7 Å². The molecule has 1 aromatic heterocycles. The topological polar surface area (TPSA) is 121 Å². The molecule has 0 bridgehead atoms. The van der Waals surface area contributed by atoms with Crippen molar-refractivity contribution in [2.24, 2.45) is 0 Å². The lowest BCUT2D eigenvalue weighted by Crippen LogP contribution is -2.15. The van der Waals surface area contributed by atoms with Crippen molar-refractivity contribution in [3.8, 4) is 5.75 Å². The second-order valence-electron chi connectivity index (χ2n) is 7.42. The van der Waals surface area contributed by atoms with Gasteiger partial charge in [-0.05, 0) is 35.9 Å². The molecule has 0 saturated heterocycles. The van der Waals surface area contributed by atoms with Crippen LogP contribution in [0.4, 0.5) is 0 Å². The standard InChI is InChI=1S/C24H12O8S/c1-10(26)32-12-3-5-14-16(7-12)22(30)24-18(20(14)28)17-19(27)13-4-2-11(8-31-9-25)6-15(13)21(29)23(17)33-24/h2-7,9H,8H2,1H3. The largest absolute Gasteiger partial charge is 0.463 e. The molecular weight excluding hydrogens is 448 g/mol. The number of rotatable bonds is 4. The average Bonchev–Trinajstić information content (AvgIpc) is 3.21. The zero-order valence-electron chi connectivity index (χ0n) is 16.9. The van der Waals surface area contributed by atoms with E-state index in [4.69, 9.17) is 9.47 Å². The predicted molar refractivity (Wildman–Crippen MR) is 124 cm³/mol. The van der Waals surface area contributed by atoms with E-state index in [9.17, 15) is 28.8 Å². The third kappa shape index (κ3) is 3.05. The molecule has 5 aromatic rings. The second kappa shape index (κ2) is 7.42. The Morgan fingerprint density at radius 3 is 1.97 bits per heavy atom. The minimum atomic E-state index is -0.580. The van der Waals surface area contributed by atoms with Crippen LogP contribution in [0.2, 0.25) is 0 Å². The van der Waals surface area contributed by atoms with E-state index in [1.54, 1.807) is 6.07 Å². The molecule has 0 aliphatic rings. The summed E-state index contributed by atoms with van der Waals surface area (Å²) in [5, 5.41) is 0.182. The van der Waals surface area contributed by atoms with Crippen LogP contribution in [0.15, 0.2) is 55.6 Å². The maximum Gasteiger partial charge on any atom is 0.308 e. The SMILES string of the molecule is CC(=O)Oc1ccc2c(=O)c3c(sc4c(=O)c5cc(COC=O)ccc5c(=O)c43)c(=O)c2c1. The summed E-state index contributed by atoms with van der Waals surface area (Å²) in [7, 11) is 0. The Labute approximate surface area is 186 Å². The fraction of sp³-hybridized carbons (Fsp3) is 0.0833. The molecule has 1 heterocycles. The molecule has 0 atom stereocenters. The van der Waals surface area contributed by atoms with Crippen LogP contribution in [-0.2, 0) is 20.9 Å². The summed E-state index contributed by atoms with van der Waals surface area (Å²) in [6.45, 7) is 1.42. The van der Waals surface area contributed by atoms with Crippen LogP contribution in [-0.4, -0.2) is 12.4 Å². The minimum Gasteiger partial charge on any atom is -0.463 e. The number of thiophene rings is 1. The van der Waals surface area contributed by atoms with Crippen molar-refractivity contribution < 1.29 is 19.1 Å². The molecule has 162 valence electrons. The first-order valence-corrected chi connectivity index (χ1v) is 10.5. The highest BCUT2D eigenvalue weighted by molar-refractivity contribution is 7.25. The number of carbonyl (C=O) groups excluding carboxylic acids is 2. The van der Waals surface area contributed by atoms with E-state index in [0.29, 0.717) is 5.56 Å². The van der Waals surface area contributed by atoms with Crippen LogP contribution in [0.5, 0.6) is 5.75 Å². The van der Waals surface area contributed by atoms with Crippen molar-refractivity contribution in [1.82, 2.24) is 0 Å².